The minimum atomic E-state index is 0.138. The van der Waals surface area contributed by atoms with Crippen molar-refractivity contribution in [1.82, 2.24) is 0 Å². The molecule has 2 saturated carbocycles. The Kier molecular flexibility index (Phi) is 4.52. The summed E-state index contributed by atoms with van der Waals surface area (Å²) in [5.74, 6) is 2.48. The van der Waals surface area contributed by atoms with Crippen LogP contribution in [0.5, 0.6) is 11.5 Å². The standard InChI is InChI=1S/C26H34O2/c1-16-12-25(5)14-22(20-6-8-23(27)17(2)10-20)19(4)26(13-16,15-25)21-7-9-24(28)18(3)11-21/h6-11,16,19,22,27-28H,12-15H2,1-5H3/t16?,19-,22?,25?,26?/m0/s1. The molecule has 4 unspecified atom stereocenters. The molecule has 150 valence electrons. The topological polar surface area (TPSA) is 40.5 Å². The molecule has 2 aromatic rings. The van der Waals surface area contributed by atoms with E-state index in [4.69, 9.17) is 0 Å². The van der Waals surface area contributed by atoms with Crippen LogP contribution in [0.4, 0.5) is 0 Å². The van der Waals surface area contributed by atoms with Crippen LogP contribution in [0.2, 0.25) is 0 Å². The maximum Gasteiger partial charge on any atom is 0.118 e. The van der Waals surface area contributed by atoms with Gasteiger partial charge in [-0.3, -0.25) is 0 Å². The van der Waals surface area contributed by atoms with Crippen molar-refractivity contribution in [1.29, 1.82) is 0 Å². The van der Waals surface area contributed by atoms with Gasteiger partial charge in [-0.1, -0.05) is 45.0 Å². The highest BCUT2D eigenvalue weighted by molar-refractivity contribution is 5.42. The maximum atomic E-state index is 10.1. The number of benzene rings is 2. The first-order valence-electron chi connectivity index (χ1n) is 10.7. The van der Waals surface area contributed by atoms with E-state index in [-0.39, 0.29) is 5.41 Å². The molecule has 0 aromatic heterocycles. The van der Waals surface area contributed by atoms with Crippen LogP contribution in [0.1, 0.15) is 74.6 Å². The summed E-state index contributed by atoms with van der Waals surface area (Å²) in [4.78, 5) is 0. The highest BCUT2D eigenvalue weighted by Crippen LogP contribution is 2.64. The second kappa shape index (κ2) is 6.54. The molecule has 2 N–H and O–H groups in total. The number of phenolic OH excluding ortho intramolecular Hbond substituents is 2. The van der Waals surface area contributed by atoms with E-state index in [0.717, 1.165) is 11.1 Å². The molecule has 2 nitrogen and oxygen atoms in total. The Labute approximate surface area is 169 Å². The third kappa shape index (κ3) is 3.02. The molecule has 0 heterocycles. The number of hydrogen-bond acceptors (Lipinski definition) is 2. The summed E-state index contributed by atoms with van der Waals surface area (Å²) in [6.07, 6.45) is 4.93. The maximum absolute atomic E-state index is 10.1. The predicted octanol–water partition coefficient (Wildman–Crippen LogP) is 6.60. The molecule has 0 spiro atoms. The van der Waals surface area contributed by atoms with Gasteiger partial charge in [0.2, 0.25) is 0 Å². The predicted molar refractivity (Wildman–Crippen MR) is 115 cm³/mol. The second-order valence-electron chi connectivity index (χ2n) is 10.3. The van der Waals surface area contributed by atoms with Gasteiger partial charge >= 0.3 is 0 Å². The van der Waals surface area contributed by atoms with Crippen molar-refractivity contribution in [3.8, 4) is 11.5 Å². The van der Waals surface area contributed by atoms with E-state index in [1.807, 2.05) is 26.0 Å². The molecule has 0 aliphatic heterocycles. The summed E-state index contributed by atoms with van der Waals surface area (Å²) in [5.41, 5.74) is 5.16. The number of phenols is 2. The fourth-order valence-electron chi connectivity index (χ4n) is 6.80. The average molecular weight is 379 g/mol. The summed E-state index contributed by atoms with van der Waals surface area (Å²) in [5, 5.41) is 20.1. The fraction of sp³-hybridized carbons (Fsp3) is 0.538. The second-order valence-corrected chi connectivity index (χ2v) is 10.3. The van der Waals surface area contributed by atoms with Crippen LogP contribution in [0, 0.1) is 31.1 Å². The summed E-state index contributed by atoms with van der Waals surface area (Å²) in [6, 6.07) is 12.5. The molecule has 2 aliphatic rings. The lowest BCUT2D eigenvalue weighted by Crippen LogP contribution is -2.52. The molecular weight excluding hydrogens is 344 g/mol. The smallest absolute Gasteiger partial charge is 0.118 e. The van der Waals surface area contributed by atoms with Crippen molar-refractivity contribution >= 4 is 0 Å². The van der Waals surface area contributed by atoms with E-state index in [1.54, 1.807) is 0 Å². The zero-order chi connectivity index (χ0) is 20.3. The molecule has 0 amide bonds. The van der Waals surface area contributed by atoms with Gasteiger partial charge in [-0.25, -0.2) is 0 Å². The van der Waals surface area contributed by atoms with E-state index in [2.05, 4.69) is 45.0 Å². The molecule has 2 aromatic carbocycles. The number of rotatable bonds is 2. The lowest BCUT2D eigenvalue weighted by atomic mass is 9.44. The van der Waals surface area contributed by atoms with Gasteiger partial charge in [0.15, 0.2) is 0 Å². The van der Waals surface area contributed by atoms with E-state index in [9.17, 15) is 10.2 Å². The number of hydrogen-bond donors (Lipinski definition) is 2. The Bertz CT molecular complexity index is 901. The molecule has 0 saturated heterocycles. The third-order valence-corrected chi connectivity index (χ3v) is 7.90. The van der Waals surface area contributed by atoms with E-state index in [0.29, 0.717) is 34.7 Å². The van der Waals surface area contributed by atoms with Crippen LogP contribution in [-0.4, -0.2) is 10.2 Å². The van der Waals surface area contributed by atoms with Crippen LogP contribution >= 0.6 is 0 Å². The highest BCUT2D eigenvalue weighted by atomic mass is 16.3. The zero-order valence-corrected chi connectivity index (χ0v) is 17.9. The molecule has 28 heavy (non-hydrogen) atoms. The van der Waals surface area contributed by atoms with Crippen LogP contribution < -0.4 is 0 Å². The Hall–Kier alpha value is -1.96. The highest BCUT2D eigenvalue weighted by Gasteiger charge is 2.55. The van der Waals surface area contributed by atoms with Crippen molar-refractivity contribution in [2.45, 2.75) is 71.6 Å². The first-order valence-corrected chi connectivity index (χ1v) is 10.7. The van der Waals surface area contributed by atoms with Crippen molar-refractivity contribution in [3.63, 3.8) is 0 Å². The van der Waals surface area contributed by atoms with Crippen molar-refractivity contribution < 1.29 is 10.2 Å². The minimum Gasteiger partial charge on any atom is -0.508 e. The number of aromatic hydroxyl groups is 2. The molecule has 2 fully saturated rings. The lowest BCUT2D eigenvalue weighted by Gasteiger charge is -2.60. The monoisotopic (exact) mass is 378 g/mol. The molecule has 4 rings (SSSR count). The Morgan fingerprint density at radius 2 is 1.50 bits per heavy atom. The number of aryl methyl sites for hydroxylation is 2. The SMILES string of the molecule is Cc1cc(C2CC3(C)CC(C)CC(c4ccc(O)c(C)c4)(C3)[C@H]2C)ccc1O. The van der Waals surface area contributed by atoms with Crippen molar-refractivity contribution in [2.75, 3.05) is 0 Å². The molecular formula is C26H34O2. The molecule has 0 radical (unpaired) electrons. The molecule has 2 bridgehead atoms. The van der Waals surface area contributed by atoms with E-state index >= 15 is 0 Å². The van der Waals surface area contributed by atoms with Crippen LogP contribution in [0.15, 0.2) is 36.4 Å². The zero-order valence-electron chi connectivity index (χ0n) is 17.9. The van der Waals surface area contributed by atoms with Crippen LogP contribution in [0.25, 0.3) is 0 Å². The van der Waals surface area contributed by atoms with Gasteiger partial charge in [0.05, 0.1) is 0 Å². The van der Waals surface area contributed by atoms with Gasteiger partial charge in [0.1, 0.15) is 11.5 Å². The first kappa shape index (κ1) is 19.4. The largest absolute Gasteiger partial charge is 0.508 e. The minimum absolute atomic E-state index is 0.138. The van der Waals surface area contributed by atoms with Crippen LogP contribution in [-0.2, 0) is 5.41 Å². The number of fused-ring (bicyclic) bond motifs is 2. The van der Waals surface area contributed by atoms with Crippen molar-refractivity contribution in [2.24, 2.45) is 17.3 Å². The normalized spacial score (nSPS) is 35.0. The quantitative estimate of drug-likeness (QED) is 0.618. The van der Waals surface area contributed by atoms with Gasteiger partial charge in [-0.2, -0.15) is 0 Å². The third-order valence-electron chi connectivity index (χ3n) is 7.90. The summed E-state index contributed by atoms with van der Waals surface area (Å²) < 4.78 is 0. The first-order chi connectivity index (χ1) is 13.1. The van der Waals surface area contributed by atoms with Gasteiger partial charge in [-0.05, 0) is 103 Å². The summed E-state index contributed by atoms with van der Waals surface area (Å²) >= 11 is 0. The van der Waals surface area contributed by atoms with Gasteiger partial charge < -0.3 is 10.2 Å². The van der Waals surface area contributed by atoms with E-state index in [1.165, 1.54) is 36.8 Å². The van der Waals surface area contributed by atoms with Gasteiger partial charge in [-0.15, -0.1) is 0 Å². The lowest BCUT2D eigenvalue weighted by molar-refractivity contribution is -0.0160. The van der Waals surface area contributed by atoms with Crippen LogP contribution in [0.3, 0.4) is 0 Å². The van der Waals surface area contributed by atoms with Crippen molar-refractivity contribution in [3.05, 3.63) is 58.7 Å². The molecule has 2 heteroatoms. The summed E-state index contributed by atoms with van der Waals surface area (Å²) in [7, 11) is 0. The van der Waals surface area contributed by atoms with E-state index < -0.39 is 0 Å². The summed E-state index contributed by atoms with van der Waals surface area (Å²) in [6.45, 7) is 11.3. The average Bonchev–Trinajstić information content (AvgIpc) is 2.62. The molecule has 2 aliphatic carbocycles. The Morgan fingerprint density at radius 3 is 2.14 bits per heavy atom. The Balaban J connectivity index is 1.84. The van der Waals surface area contributed by atoms with Gasteiger partial charge in [0, 0.05) is 0 Å². The van der Waals surface area contributed by atoms with Gasteiger partial charge in [0.25, 0.3) is 0 Å². The Morgan fingerprint density at radius 1 is 0.857 bits per heavy atom. The fourth-order valence-corrected chi connectivity index (χ4v) is 6.80. The molecule has 5 atom stereocenters.